The van der Waals surface area contributed by atoms with Crippen molar-refractivity contribution in [2.24, 2.45) is 0 Å². The van der Waals surface area contributed by atoms with Gasteiger partial charge in [0, 0.05) is 37.8 Å². The maximum Gasteiger partial charge on any atom is 0.322 e. The van der Waals surface area contributed by atoms with Crippen molar-refractivity contribution in [2.45, 2.75) is 20.0 Å². The zero-order valence-electron chi connectivity index (χ0n) is 16.5. The number of aryl methyl sites for hydroxylation is 1. The Kier molecular flexibility index (Phi) is 6.87. The topological polar surface area (TPSA) is 46.5 Å². The molecular weight excluding hydrogens is 350 g/mol. The van der Waals surface area contributed by atoms with Crippen LogP contribution in [0.15, 0.2) is 72.9 Å². The van der Waals surface area contributed by atoms with Crippen LogP contribution in [0.2, 0.25) is 0 Å². The Hall–Kier alpha value is -3.05. The molecule has 2 aromatic carbocycles. The molecule has 146 valence electrons. The summed E-state index contributed by atoms with van der Waals surface area (Å²) in [6.07, 6.45) is 2.05. The first-order chi connectivity index (χ1) is 13.7. The van der Waals surface area contributed by atoms with Gasteiger partial charge < -0.3 is 19.5 Å². The fourth-order valence-corrected chi connectivity index (χ4v) is 3.02. The van der Waals surface area contributed by atoms with Crippen molar-refractivity contribution >= 4 is 11.7 Å². The molecule has 0 unspecified atom stereocenters. The summed E-state index contributed by atoms with van der Waals surface area (Å²) in [7, 11) is 1.65. The summed E-state index contributed by atoms with van der Waals surface area (Å²) in [5, 5.41) is 2.98. The van der Waals surface area contributed by atoms with Gasteiger partial charge in [-0.3, -0.25) is 0 Å². The number of urea groups is 1. The van der Waals surface area contributed by atoms with E-state index in [1.54, 1.807) is 12.0 Å². The first-order valence-electron chi connectivity index (χ1n) is 9.45. The Morgan fingerprint density at radius 1 is 1.04 bits per heavy atom. The molecule has 0 saturated carbocycles. The van der Waals surface area contributed by atoms with E-state index in [9.17, 15) is 4.79 Å². The van der Waals surface area contributed by atoms with Gasteiger partial charge in [0.1, 0.15) is 0 Å². The maximum atomic E-state index is 12.8. The van der Waals surface area contributed by atoms with Crippen molar-refractivity contribution in [3.63, 3.8) is 0 Å². The van der Waals surface area contributed by atoms with Crippen LogP contribution in [0.1, 0.15) is 16.8 Å². The minimum Gasteiger partial charge on any atom is -0.383 e. The molecule has 1 N–H and O–H groups in total. The summed E-state index contributed by atoms with van der Waals surface area (Å²) in [4.78, 5) is 14.6. The standard InChI is InChI=1S/C23H27N3O2/c1-19-10-12-21(13-11-19)24-23(27)26(15-16-28-2)18-22-9-6-14-25(22)17-20-7-4-3-5-8-20/h3-14H,15-18H2,1-2H3,(H,24,27). The lowest BCUT2D eigenvalue weighted by molar-refractivity contribution is 0.152. The van der Waals surface area contributed by atoms with Crippen molar-refractivity contribution in [1.82, 2.24) is 9.47 Å². The smallest absolute Gasteiger partial charge is 0.322 e. The molecule has 0 fully saturated rings. The molecule has 1 aromatic heterocycles. The zero-order valence-corrected chi connectivity index (χ0v) is 16.5. The van der Waals surface area contributed by atoms with E-state index in [0.717, 1.165) is 23.5 Å². The second-order valence-corrected chi connectivity index (χ2v) is 6.82. The predicted molar refractivity (Wildman–Crippen MR) is 112 cm³/mol. The highest BCUT2D eigenvalue weighted by Gasteiger charge is 2.16. The fraction of sp³-hybridized carbons (Fsp3) is 0.261. The largest absolute Gasteiger partial charge is 0.383 e. The van der Waals surface area contributed by atoms with E-state index in [-0.39, 0.29) is 6.03 Å². The molecule has 5 nitrogen and oxygen atoms in total. The molecule has 0 saturated heterocycles. The third-order valence-corrected chi connectivity index (χ3v) is 4.63. The minimum atomic E-state index is -0.131. The second kappa shape index (κ2) is 9.76. The summed E-state index contributed by atoms with van der Waals surface area (Å²) in [6, 6.07) is 22.1. The molecular formula is C23H27N3O2. The van der Waals surface area contributed by atoms with Gasteiger partial charge in [0.15, 0.2) is 0 Å². The molecule has 3 rings (SSSR count). The molecule has 28 heavy (non-hydrogen) atoms. The van der Waals surface area contributed by atoms with E-state index in [2.05, 4.69) is 34.3 Å². The number of nitrogens with zero attached hydrogens (tertiary/aromatic N) is 2. The normalized spacial score (nSPS) is 10.6. The molecule has 0 aliphatic heterocycles. The molecule has 0 spiro atoms. The Balaban J connectivity index is 1.71. The Bertz CT molecular complexity index is 872. The van der Waals surface area contributed by atoms with Gasteiger partial charge in [-0.15, -0.1) is 0 Å². The van der Waals surface area contributed by atoms with Crippen LogP contribution < -0.4 is 5.32 Å². The summed E-state index contributed by atoms with van der Waals surface area (Å²) in [5.74, 6) is 0. The van der Waals surface area contributed by atoms with Crippen LogP contribution in [0.4, 0.5) is 10.5 Å². The summed E-state index contributed by atoms with van der Waals surface area (Å²) >= 11 is 0. The van der Waals surface area contributed by atoms with Gasteiger partial charge >= 0.3 is 6.03 Å². The third-order valence-electron chi connectivity index (χ3n) is 4.63. The van der Waals surface area contributed by atoms with E-state index in [0.29, 0.717) is 19.7 Å². The number of ether oxygens (including phenoxy) is 1. The van der Waals surface area contributed by atoms with Crippen molar-refractivity contribution < 1.29 is 9.53 Å². The summed E-state index contributed by atoms with van der Waals surface area (Å²) < 4.78 is 7.38. The monoisotopic (exact) mass is 377 g/mol. The van der Waals surface area contributed by atoms with Crippen LogP contribution in [0, 0.1) is 6.92 Å². The maximum absolute atomic E-state index is 12.8. The first kappa shape index (κ1) is 19.7. The number of rotatable bonds is 8. The number of hydrogen-bond donors (Lipinski definition) is 1. The van der Waals surface area contributed by atoms with Crippen LogP contribution in [-0.4, -0.2) is 35.8 Å². The van der Waals surface area contributed by atoms with Crippen molar-refractivity contribution in [3.8, 4) is 0 Å². The van der Waals surface area contributed by atoms with Gasteiger partial charge in [-0.2, -0.15) is 0 Å². The summed E-state index contributed by atoms with van der Waals surface area (Å²) in [5.41, 5.74) is 4.26. The number of carbonyl (C=O) groups excluding carboxylic acids is 1. The minimum absolute atomic E-state index is 0.131. The number of aromatic nitrogens is 1. The SMILES string of the molecule is COCCN(Cc1cccn1Cc1ccccc1)C(=O)Nc1ccc(C)cc1. The number of methoxy groups -OCH3 is 1. The molecule has 0 atom stereocenters. The highest BCUT2D eigenvalue weighted by molar-refractivity contribution is 5.89. The van der Waals surface area contributed by atoms with E-state index >= 15 is 0 Å². The fourth-order valence-electron chi connectivity index (χ4n) is 3.02. The lowest BCUT2D eigenvalue weighted by Gasteiger charge is -2.24. The van der Waals surface area contributed by atoms with Crippen LogP contribution in [-0.2, 0) is 17.8 Å². The highest BCUT2D eigenvalue weighted by Crippen LogP contribution is 2.13. The van der Waals surface area contributed by atoms with E-state index in [4.69, 9.17) is 4.74 Å². The van der Waals surface area contributed by atoms with E-state index < -0.39 is 0 Å². The van der Waals surface area contributed by atoms with Crippen LogP contribution >= 0.6 is 0 Å². The Labute approximate surface area is 166 Å². The van der Waals surface area contributed by atoms with Gasteiger partial charge in [0.2, 0.25) is 0 Å². The van der Waals surface area contributed by atoms with Crippen LogP contribution in [0.3, 0.4) is 0 Å². The number of hydrogen-bond acceptors (Lipinski definition) is 2. The van der Waals surface area contributed by atoms with Gasteiger partial charge in [-0.25, -0.2) is 4.79 Å². The van der Waals surface area contributed by atoms with Crippen molar-refractivity contribution in [1.29, 1.82) is 0 Å². The van der Waals surface area contributed by atoms with Gasteiger partial charge in [-0.1, -0.05) is 48.0 Å². The lowest BCUT2D eigenvalue weighted by atomic mass is 10.2. The van der Waals surface area contributed by atoms with Crippen molar-refractivity contribution in [3.05, 3.63) is 89.7 Å². The zero-order chi connectivity index (χ0) is 19.8. The second-order valence-electron chi connectivity index (χ2n) is 6.82. The molecule has 0 bridgehead atoms. The number of benzene rings is 2. The molecule has 0 radical (unpaired) electrons. The van der Waals surface area contributed by atoms with Crippen LogP contribution in [0.5, 0.6) is 0 Å². The quantitative estimate of drug-likeness (QED) is 0.627. The number of amides is 2. The highest BCUT2D eigenvalue weighted by atomic mass is 16.5. The summed E-state index contributed by atoms with van der Waals surface area (Å²) in [6.45, 7) is 4.32. The number of carbonyl (C=O) groups is 1. The molecule has 0 aliphatic rings. The van der Waals surface area contributed by atoms with Gasteiger partial charge in [0.05, 0.1) is 13.2 Å². The Morgan fingerprint density at radius 3 is 2.50 bits per heavy atom. The average molecular weight is 377 g/mol. The predicted octanol–water partition coefficient (Wildman–Crippen LogP) is 4.53. The van der Waals surface area contributed by atoms with E-state index in [1.165, 1.54) is 5.56 Å². The third kappa shape index (κ3) is 5.47. The lowest BCUT2D eigenvalue weighted by Crippen LogP contribution is -2.37. The molecule has 0 aliphatic carbocycles. The Morgan fingerprint density at radius 2 is 1.79 bits per heavy atom. The number of nitrogens with one attached hydrogen (secondary N) is 1. The van der Waals surface area contributed by atoms with Gasteiger partial charge in [-0.05, 0) is 36.8 Å². The molecule has 3 aromatic rings. The first-order valence-corrected chi connectivity index (χ1v) is 9.45. The van der Waals surface area contributed by atoms with Gasteiger partial charge in [0.25, 0.3) is 0 Å². The number of anilines is 1. The van der Waals surface area contributed by atoms with E-state index in [1.807, 2.05) is 55.5 Å². The molecule has 5 heteroatoms. The van der Waals surface area contributed by atoms with Crippen LogP contribution in [0.25, 0.3) is 0 Å². The molecule has 1 heterocycles. The average Bonchev–Trinajstić information content (AvgIpc) is 3.14. The molecule has 2 amide bonds. The van der Waals surface area contributed by atoms with Crippen molar-refractivity contribution in [2.75, 3.05) is 25.6 Å².